The van der Waals surface area contributed by atoms with Crippen molar-refractivity contribution in [2.75, 3.05) is 31.7 Å². The molecule has 0 unspecified atom stereocenters. The molecule has 10 heteroatoms. The molecule has 1 saturated heterocycles. The second-order valence-electron chi connectivity index (χ2n) is 8.29. The molecular formula is C27H30N2O7S. The van der Waals surface area contributed by atoms with Gasteiger partial charge in [0.15, 0.2) is 18.1 Å². The predicted octanol–water partition coefficient (Wildman–Crippen LogP) is 4.83. The first-order valence-electron chi connectivity index (χ1n) is 11.9. The molecule has 2 aromatic rings. The van der Waals surface area contributed by atoms with Gasteiger partial charge in [0, 0.05) is 5.69 Å². The molecule has 0 radical (unpaired) electrons. The number of hydrogen-bond acceptors (Lipinski definition) is 8. The Labute approximate surface area is 220 Å². The van der Waals surface area contributed by atoms with Gasteiger partial charge in [0.1, 0.15) is 6.54 Å². The SMILES string of the molecule is CCOC(=O)CN1C(=O)S/C(=C/c2ccc(OCC(=O)Nc3ccccc3C(C)C)c(OCC)c2)C1=O. The summed E-state index contributed by atoms with van der Waals surface area (Å²) < 4.78 is 16.2. The number of ether oxygens (including phenoxy) is 3. The molecule has 2 aromatic carbocycles. The summed E-state index contributed by atoms with van der Waals surface area (Å²) >= 11 is 0.744. The first-order chi connectivity index (χ1) is 17.7. The summed E-state index contributed by atoms with van der Waals surface area (Å²) in [6.45, 7) is 7.42. The highest BCUT2D eigenvalue weighted by atomic mass is 32.2. The molecule has 1 aliphatic heterocycles. The van der Waals surface area contributed by atoms with Crippen molar-refractivity contribution in [1.82, 2.24) is 4.90 Å². The number of anilines is 1. The molecule has 0 aliphatic carbocycles. The molecule has 196 valence electrons. The van der Waals surface area contributed by atoms with Gasteiger partial charge in [-0.3, -0.25) is 24.1 Å². The molecule has 0 aromatic heterocycles. The maximum Gasteiger partial charge on any atom is 0.326 e. The van der Waals surface area contributed by atoms with Crippen molar-refractivity contribution in [3.63, 3.8) is 0 Å². The lowest BCUT2D eigenvalue weighted by molar-refractivity contribution is -0.146. The minimum Gasteiger partial charge on any atom is -0.490 e. The fourth-order valence-corrected chi connectivity index (χ4v) is 4.41. The van der Waals surface area contributed by atoms with Crippen molar-refractivity contribution in [1.29, 1.82) is 0 Å². The molecule has 0 atom stereocenters. The highest BCUT2D eigenvalue weighted by molar-refractivity contribution is 8.18. The molecule has 1 heterocycles. The van der Waals surface area contributed by atoms with E-state index in [1.165, 1.54) is 6.08 Å². The second-order valence-corrected chi connectivity index (χ2v) is 9.28. The summed E-state index contributed by atoms with van der Waals surface area (Å²) in [4.78, 5) is 50.1. The number of esters is 1. The zero-order chi connectivity index (χ0) is 26.9. The van der Waals surface area contributed by atoms with Crippen LogP contribution in [0.25, 0.3) is 6.08 Å². The molecule has 0 saturated carbocycles. The Morgan fingerprint density at radius 1 is 1.03 bits per heavy atom. The van der Waals surface area contributed by atoms with Gasteiger partial charge in [0.25, 0.3) is 17.1 Å². The minimum atomic E-state index is -0.650. The third-order valence-corrected chi connectivity index (χ3v) is 6.15. The fourth-order valence-electron chi connectivity index (χ4n) is 3.57. The van der Waals surface area contributed by atoms with Gasteiger partial charge in [-0.2, -0.15) is 0 Å². The van der Waals surface area contributed by atoms with Crippen LogP contribution in [0, 0.1) is 0 Å². The van der Waals surface area contributed by atoms with Crippen LogP contribution in [0.5, 0.6) is 11.5 Å². The Bertz CT molecular complexity index is 1210. The molecule has 3 rings (SSSR count). The van der Waals surface area contributed by atoms with Crippen molar-refractivity contribution in [2.24, 2.45) is 0 Å². The van der Waals surface area contributed by atoms with Gasteiger partial charge < -0.3 is 19.5 Å². The second kappa shape index (κ2) is 13.0. The Kier molecular flexibility index (Phi) is 9.73. The van der Waals surface area contributed by atoms with Gasteiger partial charge in [0.2, 0.25) is 0 Å². The lowest BCUT2D eigenvalue weighted by Gasteiger charge is -2.15. The van der Waals surface area contributed by atoms with E-state index in [0.29, 0.717) is 23.7 Å². The number of hydrogen-bond donors (Lipinski definition) is 1. The van der Waals surface area contributed by atoms with Gasteiger partial charge in [-0.05, 0) is 66.9 Å². The Balaban J connectivity index is 1.70. The predicted molar refractivity (Wildman–Crippen MR) is 142 cm³/mol. The number of nitrogens with one attached hydrogen (secondary N) is 1. The Hall–Kier alpha value is -3.79. The summed E-state index contributed by atoms with van der Waals surface area (Å²) in [5, 5.41) is 2.34. The van der Waals surface area contributed by atoms with Gasteiger partial charge >= 0.3 is 5.97 Å². The van der Waals surface area contributed by atoms with Crippen LogP contribution in [0.3, 0.4) is 0 Å². The van der Waals surface area contributed by atoms with Crippen LogP contribution in [-0.4, -0.2) is 54.3 Å². The minimum absolute atomic E-state index is 0.159. The van der Waals surface area contributed by atoms with Crippen molar-refractivity contribution in [2.45, 2.75) is 33.6 Å². The summed E-state index contributed by atoms with van der Waals surface area (Å²) in [5.41, 5.74) is 2.36. The van der Waals surface area contributed by atoms with Crippen LogP contribution in [-0.2, 0) is 19.1 Å². The zero-order valence-electron chi connectivity index (χ0n) is 21.2. The van der Waals surface area contributed by atoms with Crippen LogP contribution >= 0.6 is 11.8 Å². The summed E-state index contributed by atoms with van der Waals surface area (Å²) in [6.07, 6.45) is 1.54. The van der Waals surface area contributed by atoms with Crippen molar-refractivity contribution < 1.29 is 33.4 Å². The van der Waals surface area contributed by atoms with Crippen LogP contribution < -0.4 is 14.8 Å². The Morgan fingerprint density at radius 2 is 1.78 bits per heavy atom. The number of rotatable bonds is 11. The van der Waals surface area contributed by atoms with Gasteiger partial charge in [-0.25, -0.2) is 0 Å². The number of carbonyl (C=O) groups is 4. The van der Waals surface area contributed by atoms with E-state index in [4.69, 9.17) is 14.2 Å². The molecule has 0 bridgehead atoms. The maximum absolute atomic E-state index is 12.6. The largest absolute Gasteiger partial charge is 0.490 e. The number of amides is 3. The smallest absolute Gasteiger partial charge is 0.326 e. The average molecular weight is 527 g/mol. The number of benzene rings is 2. The highest BCUT2D eigenvalue weighted by Gasteiger charge is 2.36. The van der Waals surface area contributed by atoms with Crippen molar-refractivity contribution in [3.8, 4) is 11.5 Å². The average Bonchev–Trinajstić information content (AvgIpc) is 3.11. The lowest BCUT2D eigenvalue weighted by Crippen LogP contribution is -2.34. The summed E-state index contributed by atoms with van der Waals surface area (Å²) in [5.74, 6) is -0.530. The van der Waals surface area contributed by atoms with E-state index in [1.54, 1.807) is 25.1 Å². The molecule has 0 spiro atoms. The normalized spacial score (nSPS) is 14.3. The van der Waals surface area contributed by atoms with E-state index in [-0.39, 0.29) is 29.9 Å². The van der Waals surface area contributed by atoms with E-state index in [9.17, 15) is 19.2 Å². The van der Waals surface area contributed by atoms with Gasteiger partial charge in [-0.1, -0.05) is 38.1 Å². The van der Waals surface area contributed by atoms with Gasteiger partial charge in [-0.15, -0.1) is 0 Å². The maximum atomic E-state index is 12.6. The molecule has 1 aliphatic rings. The fraction of sp³-hybridized carbons (Fsp3) is 0.333. The van der Waals surface area contributed by atoms with Crippen molar-refractivity contribution in [3.05, 3.63) is 58.5 Å². The van der Waals surface area contributed by atoms with Crippen LogP contribution in [0.2, 0.25) is 0 Å². The highest BCUT2D eigenvalue weighted by Crippen LogP contribution is 2.34. The molecule has 1 fully saturated rings. The third-order valence-electron chi connectivity index (χ3n) is 5.25. The molecule has 3 amide bonds. The summed E-state index contributed by atoms with van der Waals surface area (Å²) in [7, 11) is 0. The Morgan fingerprint density at radius 3 is 2.49 bits per heavy atom. The number of para-hydroxylation sites is 1. The van der Waals surface area contributed by atoms with Crippen LogP contribution in [0.1, 0.15) is 44.7 Å². The molecule has 9 nitrogen and oxygen atoms in total. The van der Waals surface area contributed by atoms with Crippen LogP contribution in [0.4, 0.5) is 10.5 Å². The van der Waals surface area contributed by atoms with Crippen molar-refractivity contribution >= 4 is 46.5 Å². The molecule has 1 N–H and O–H groups in total. The summed E-state index contributed by atoms with van der Waals surface area (Å²) in [6, 6.07) is 12.6. The topological polar surface area (TPSA) is 111 Å². The zero-order valence-corrected chi connectivity index (χ0v) is 22.1. The molecular weight excluding hydrogens is 496 g/mol. The quantitative estimate of drug-likeness (QED) is 0.328. The number of thioether (sulfide) groups is 1. The number of nitrogens with zero attached hydrogens (tertiary/aromatic N) is 1. The van der Waals surface area contributed by atoms with E-state index in [2.05, 4.69) is 19.2 Å². The van der Waals surface area contributed by atoms with E-state index in [1.807, 2.05) is 31.2 Å². The third kappa shape index (κ3) is 7.36. The first kappa shape index (κ1) is 27.8. The van der Waals surface area contributed by atoms with Crippen LogP contribution in [0.15, 0.2) is 47.4 Å². The van der Waals surface area contributed by atoms with E-state index in [0.717, 1.165) is 27.9 Å². The van der Waals surface area contributed by atoms with E-state index < -0.39 is 23.7 Å². The molecule has 37 heavy (non-hydrogen) atoms. The van der Waals surface area contributed by atoms with E-state index >= 15 is 0 Å². The standard InChI is InChI=1S/C27H30N2O7S/c1-5-34-22-13-18(14-23-26(32)29(27(33)37-23)15-25(31)35-6-2)11-12-21(22)36-16-24(30)28-20-10-8-7-9-19(20)17(3)4/h7-14,17H,5-6,15-16H2,1-4H3,(H,28,30)/b23-14+. The lowest BCUT2D eigenvalue weighted by atomic mass is 10.0. The number of carbonyl (C=O) groups excluding carboxylic acids is 4. The number of imide groups is 1. The van der Waals surface area contributed by atoms with Gasteiger partial charge in [0.05, 0.1) is 18.1 Å². The first-order valence-corrected chi connectivity index (χ1v) is 12.7. The monoisotopic (exact) mass is 526 g/mol.